The third-order valence-corrected chi connectivity index (χ3v) is 7.17. The molecule has 7 heteroatoms. The normalized spacial score (nSPS) is 16.5. The Kier molecular flexibility index (Phi) is 7.20. The first kappa shape index (κ1) is 23.8. The topological polar surface area (TPSA) is 105 Å². The summed E-state index contributed by atoms with van der Waals surface area (Å²) < 4.78 is 5.53. The monoisotopic (exact) mass is 464 g/mol. The average molecular weight is 465 g/mol. The molecule has 1 fully saturated rings. The molecule has 7 nitrogen and oxygen atoms in total. The van der Waals surface area contributed by atoms with Gasteiger partial charge >= 0.3 is 12.1 Å². The number of hydrogen-bond acceptors (Lipinski definition) is 4. The van der Waals surface area contributed by atoms with Gasteiger partial charge in [-0.2, -0.15) is 0 Å². The highest BCUT2D eigenvalue weighted by molar-refractivity contribution is 5.80. The highest BCUT2D eigenvalue weighted by Crippen LogP contribution is 2.44. The zero-order valence-corrected chi connectivity index (χ0v) is 19.5. The molecule has 2 aliphatic rings. The third kappa shape index (κ3) is 5.08. The van der Waals surface area contributed by atoms with Gasteiger partial charge < -0.3 is 20.5 Å². The van der Waals surface area contributed by atoms with E-state index in [1.54, 1.807) is 0 Å². The van der Waals surface area contributed by atoms with E-state index in [4.69, 9.17) is 4.74 Å². The Hall–Kier alpha value is -3.35. The van der Waals surface area contributed by atoms with Crippen molar-refractivity contribution >= 4 is 18.0 Å². The van der Waals surface area contributed by atoms with Gasteiger partial charge in [-0.05, 0) is 47.4 Å². The summed E-state index contributed by atoms with van der Waals surface area (Å²) >= 11 is 0. The molecule has 1 atom stereocenters. The minimum atomic E-state index is -0.834. The van der Waals surface area contributed by atoms with Crippen LogP contribution in [-0.2, 0) is 14.3 Å². The molecule has 0 aromatic heterocycles. The molecule has 34 heavy (non-hydrogen) atoms. The second-order valence-electron chi connectivity index (χ2n) is 9.57. The SMILES string of the molecule is CC(CCNC(=O)OCC1c2ccccc2-c2ccccc21)CC(=O)NCC1(C(=O)O)CCC1. The van der Waals surface area contributed by atoms with E-state index in [0.717, 1.165) is 6.42 Å². The number of amides is 2. The lowest BCUT2D eigenvalue weighted by Crippen LogP contribution is -2.47. The van der Waals surface area contributed by atoms with E-state index in [-0.39, 0.29) is 30.9 Å². The second-order valence-corrected chi connectivity index (χ2v) is 9.57. The first-order valence-corrected chi connectivity index (χ1v) is 12.0. The van der Waals surface area contributed by atoms with Crippen LogP contribution in [0.4, 0.5) is 4.79 Å². The van der Waals surface area contributed by atoms with Crippen LogP contribution in [0.3, 0.4) is 0 Å². The molecule has 1 saturated carbocycles. The second kappa shape index (κ2) is 10.3. The van der Waals surface area contributed by atoms with Crippen LogP contribution in [0.15, 0.2) is 48.5 Å². The zero-order chi connectivity index (χ0) is 24.1. The molecule has 3 N–H and O–H groups in total. The molecule has 2 aromatic carbocycles. The van der Waals surface area contributed by atoms with Gasteiger partial charge in [0.1, 0.15) is 6.61 Å². The molecule has 0 aliphatic heterocycles. The number of rotatable bonds is 10. The Balaban J connectivity index is 1.17. The number of aliphatic carboxylic acids is 1. The maximum absolute atomic E-state index is 12.3. The maximum atomic E-state index is 12.3. The Labute approximate surface area is 199 Å². The molecule has 0 bridgehead atoms. The van der Waals surface area contributed by atoms with Crippen molar-refractivity contribution in [3.05, 3.63) is 59.7 Å². The van der Waals surface area contributed by atoms with Gasteiger partial charge in [-0.1, -0.05) is 61.9 Å². The summed E-state index contributed by atoms with van der Waals surface area (Å²) in [4.78, 5) is 35.9. The summed E-state index contributed by atoms with van der Waals surface area (Å²) in [6.07, 6.45) is 2.57. The summed E-state index contributed by atoms with van der Waals surface area (Å²) in [5.74, 6) is -0.915. The number of carboxylic acids is 1. The lowest BCUT2D eigenvalue weighted by atomic mass is 9.69. The van der Waals surface area contributed by atoms with Crippen molar-refractivity contribution in [2.45, 2.75) is 44.9 Å². The van der Waals surface area contributed by atoms with Crippen LogP contribution in [0, 0.1) is 11.3 Å². The maximum Gasteiger partial charge on any atom is 0.407 e. The van der Waals surface area contributed by atoms with Gasteiger partial charge in [0.15, 0.2) is 0 Å². The highest BCUT2D eigenvalue weighted by Gasteiger charge is 2.44. The predicted octanol–water partition coefficient (Wildman–Crippen LogP) is 4.31. The van der Waals surface area contributed by atoms with E-state index in [9.17, 15) is 19.5 Å². The molecule has 0 heterocycles. The fourth-order valence-electron chi connectivity index (χ4n) is 4.90. The number of carbonyl (C=O) groups excluding carboxylic acids is 2. The zero-order valence-electron chi connectivity index (χ0n) is 19.5. The minimum Gasteiger partial charge on any atom is -0.481 e. The summed E-state index contributed by atoms with van der Waals surface area (Å²) in [6.45, 7) is 2.80. The number of nitrogens with one attached hydrogen (secondary N) is 2. The van der Waals surface area contributed by atoms with E-state index in [1.165, 1.54) is 22.3 Å². The van der Waals surface area contributed by atoms with Crippen molar-refractivity contribution in [1.29, 1.82) is 0 Å². The number of carboxylic acid groups (broad SMARTS) is 1. The molecule has 180 valence electrons. The van der Waals surface area contributed by atoms with Gasteiger partial charge in [-0.15, -0.1) is 0 Å². The summed E-state index contributed by atoms with van der Waals surface area (Å²) in [5.41, 5.74) is 3.92. The minimum absolute atomic E-state index is 0.0190. The molecule has 2 amide bonds. The van der Waals surface area contributed by atoms with E-state index in [2.05, 4.69) is 34.9 Å². The van der Waals surface area contributed by atoms with Crippen LogP contribution in [0.5, 0.6) is 0 Å². The lowest BCUT2D eigenvalue weighted by Gasteiger charge is -2.37. The number of benzene rings is 2. The Bertz CT molecular complexity index is 1020. The smallest absolute Gasteiger partial charge is 0.407 e. The number of carbonyl (C=O) groups is 3. The first-order valence-electron chi connectivity index (χ1n) is 12.0. The van der Waals surface area contributed by atoms with Gasteiger partial charge in [0.25, 0.3) is 0 Å². The molecule has 0 radical (unpaired) electrons. The number of ether oxygens (including phenoxy) is 1. The van der Waals surface area contributed by atoms with Gasteiger partial charge in [0.2, 0.25) is 5.91 Å². The van der Waals surface area contributed by atoms with Gasteiger partial charge in [-0.3, -0.25) is 9.59 Å². The highest BCUT2D eigenvalue weighted by atomic mass is 16.5. The first-order chi connectivity index (χ1) is 16.4. The largest absolute Gasteiger partial charge is 0.481 e. The van der Waals surface area contributed by atoms with Gasteiger partial charge in [0, 0.05) is 25.4 Å². The molecule has 2 aromatic rings. The Morgan fingerprint density at radius 2 is 1.65 bits per heavy atom. The summed E-state index contributed by atoms with van der Waals surface area (Å²) in [5, 5.41) is 14.9. The molecular formula is C27H32N2O5. The molecular weight excluding hydrogens is 432 g/mol. The average Bonchev–Trinajstić information content (AvgIpc) is 3.10. The van der Waals surface area contributed by atoms with Crippen LogP contribution in [0.1, 0.15) is 56.1 Å². The summed E-state index contributed by atoms with van der Waals surface area (Å²) in [6, 6.07) is 16.4. The van der Waals surface area contributed by atoms with E-state index in [0.29, 0.717) is 32.2 Å². The van der Waals surface area contributed by atoms with Crippen LogP contribution in [-0.4, -0.2) is 42.8 Å². The van der Waals surface area contributed by atoms with Crippen LogP contribution in [0.2, 0.25) is 0 Å². The van der Waals surface area contributed by atoms with Crippen molar-refractivity contribution in [2.24, 2.45) is 11.3 Å². The van der Waals surface area contributed by atoms with Crippen molar-refractivity contribution in [3.8, 4) is 11.1 Å². The molecule has 2 aliphatic carbocycles. The van der Waals surface area contributed by atoms with E-state index < -0.39 is 17.5 Å². The van der Waals surface area contributed by atoms with Crippen LogP contribution < -0.4 is 10.6 Å². The van der Waals surface area contributed by atoms with Crippen LogP contribution in [0.25, 0.3) is 11.1 Å². The fourth-order valence-corrected chi connectivity index (χ4v) is 4.90. The number of alkyl carbamates (subject to hydrolysis) is 1. The molecule has 0 spiro atoms. The quantitative estimate of drug-likeness (QED) is 0.486. The Morgan fingerprint density at radius 3 is 2.21 bits per heavy atom. The van der Waals surface area contributed by atoms with Crippen molar-refractivity contribution in [2.75, 3.05) is 19.7 Å². The predicted molar refractivity (Wildman–Crippen MR) is 128 cm³/mol. The third-order valence-electron chi connectivity index (χ3n) is 7.17. The van der Waals surface area contributed by atoms with Gasteiger partial charge in [0.05, 0.1) is 5.41 Å². The number of hydrogen-bond donors (Lipinski definition) is 3. The van der Waals surface area contributed by atoms with Crippen molar-refractivity contribution in [3.63, 3.8) is 0 Å². The molecule has 0 saturated heterocycles. The standard InChI is InChI=1S/C27H32N2O5/c1-18(15-24(30)29-17-27(25(31)32)12-6-13-27)11-14-28-26(33)34-16-23-21-9-4-2-7-19(21)20-8-3-5-10-22(20)23/h2-5,7-10,18,23H,6,11-17H2,1H3,(H,28,33)(H,29,30)(H,31,32). The van der Waals surface area contributed by atoms with Gasteiger partial charge in [-0.25, -0.2) is 4.79 Å². The van der Waals surface area contributed by atoms with E-state index >= 15 is 0 Å². The molecule has 1 unspecified atom stereocenters. The Morgan fingerprint density at radius 1 is 1.03 bits per heavy atom. The fraction of sp³-hybridized carbons (Fsp3) is 0.444. The van der Waals surface area contributed by atoms with Crippen molar-refractivity contribution in [1.82, 2.24) is 10.6 Å². The summed E-state index contributed by atoms with van der Waals surface area (Å²) in [7, 11) is 0. The van der Waals surface area contributed by atoms with Crippen LogP contribution >= 0.6 is 0 Å². The lowest BCUT2D eigenvalue weighted by molar-refractivity contribution is -0.154. The van der Waals surface area contributed by atoms with Crippen molar-refractivity contribution < 1.29 is 24.2 Å². The molecule has 4 rings (SSSR count). The number of fused-ring (bicyclic) bond motifs is 3. The van der Waals surface area contributed by atoms with E-state index in [1.807, 2.05) is 31.2 Å².